The predicted molar refractivity (Wildman–Crippen MR) is 212 cm³/mol. The molecule has 57 heavy (non-hydrogen) atoms. The van der Waals surface area contributed by atoms with Crippen LogP contribution in [-0.4, -0.2) is 93.3 Å². The summed E-state index contributed by atoms with van der Waals surface area (Å²) in [6.07, 6.45) is 4.43. The second-order valence-electron chi connectivity index (χ2n) is 15.1. The van der Waals surface area contributed by atoms with Crippen molar-refractivity contribution in [1.29, 1.82) is 0 Å². The van der Waals surface area contributed by atoms with Crippen LogP contribution in [-0.2, 0) is 28.6 Å². The molecule has 0 spiro atoms. The fourth-order valence-corrected chi connectivity index (χ4v) is 7.11. The Morgan fingerprint density at radius 3 is 2.26 bits per heavy atom. The van der Waals surface area contributed by atoms with Crippen LogP contribution in [0.25, 0.3) is 10.8 Å². The first-order valence-corrected chi connectivity index (χ1v) is 18.6. The van der Waals surface area contributed by atoms with Gasteiger partial charge in [-0.1, -0.05) is 57.7 Å². The molecule has 6 N–H and O–H groups in total. The fourth-order valence-electron chi connectivity index (χ4n) is 7.11. The Kier molecular flexibility index (Phi) is 13.9. The highest BCUT2D eigenvalue weighted by Crippen LogP contribution is 2.55. The van der Waals surface area contributed by atoms with E-state index in [1.54, 1.807) is 46.8 Å². The fraction of sp³-hybridized carbons (Fsp3) is 0.476. The Morgan fingerprint density at radius 1 is 0.982 bits per heavy atom. The van der Waals surface area contributed by atoms with Crippen molar-refractivity contribution in [2.75, 3.05) is 19.0 Å². The number of hydrogen-bond acceptors (Lipinski definition) is 14. The maximum absolute atomic E-state index is 14.3. The minimum Gasteiger partial charge on any atom is -0.507 e. The van der Waals surface area contributed by atoms with Gasteiger partial charge in [-0.15, -0.1) is 0 Å². The first-order valence-electron chi connectivity index (χ1n) is 18.6. The summed E-state index contributed by atoms with van der Waals surface area (Å²) in [5.74, 6) is -8.73. The summed E-state index contributed by atoms with van der Waals surface area (Å²) in [7, 11) is 1.42. The number of rotatable bonds is 6. The third-order valence-corrected chi connectivity index (χ3v) is 10.6. The number of ketones is 1. The zero-order valence-electron chi connectivity index (χ0n) is 33.9. The number of fused-ring (bicyclic) bond motifs is 14. The number of carbonyl (C=O) groups excluding carboxylic acids is 3. The Balaban J connectivity index is 1.97. The van der Waals surface area contributed by atoms with Crippen molar-refractivity contribution in [1.82, 2.24) is 0 Å². The van der Waals surface area contributed by atoms with E-state index in [2.05, 4.69) is 17.1 Å². The average Bonchev–Trinajstić information content (AvgIpc) is 3.42. The quantitative estimate of drug-likeness (QED) is 0.0518. The molecule has 3 aliphatic rings. The smallest absolute Gasteiger partial charge is 0.312 e. The normalized spacial score (nSPS) is 30.6. The summed E-state index contributed by atoms with van der Waals surface area (Å²) in [6, 6.07) is 0. The summed E-state index contributed by atoms with van der Waals surface area (Å²) < 4.78 is 23.4. The molecule has 5 bridgehead atoms. The van der Waals surface area contributed by atoms with E-state index in [1.807, 2.05) is 0 Å². The number of carbonyl (C=O) groups is 3. The van der Waals surface area contributed by atoms with Gasteiger partial charge in [-0.2, -0.15) is 0 Å². The van der Waals surface area contributed by atoms with Crippen LogP contribution < -0.4 is 10.1 Å². The maximum atomic E-state index is 14.3. The Bertz CT molecular complexity index is 2040. The summed E-state index contributed by atoms with van der Waals surface area (Å²) in [5.41, 5.74) is -0.0568. The molecule has 3 aliphatic heterocycles. The van der Waals surface area contributed by atoms with Crippen molar-refractivity contribution in [2.45, 2.75) is 92.5 Å². The van der Waals surface area contributed by atoms with E-state index in [9.17, 15) is 39.9 Å². The van der Waals surface area contributed by atoms with Gasteiger partial charge in [-0.25, -0.2) is 0 Å². The number of methoxy groups -OCH3 is 1. The molecule has 5 rings (SSSR count). The molecule has 0 fully saturated rings. The second kappa shape index (κ2) is 17.8. The summed E-state index contributed by atoms with van der Waals surface area (Å²) >= 11 is 0. The molecule has 15 heteroatoms. The number of aliphatic hydroxyl groups excluding tert-OH is 2. The molecule has 2 aromatic carbocycles. The first-order chi connectivity index (χ1) is 26.7. The number of aliphatic hydroxyl groups is 2. The minimum absolute atomic E-state index is 0.00855. The molecule has 0 saturated heterocycles. The van der Waals surface area contributed by atoms with Crippen LogP contribution in [0.1, 0.15) is 76.9 Å². The largest absolute Gasteiger partial charge is 0.507 e. The van der Waals surface area contributed by atoms with Gasteiger partial charge >= 0.3 is 11.8 Å². The van der Waals surface area contributed by atoms with E-state index in [0.717, 1.165) is 6.21 Å². The van der Waals surface area contributed by atoms with E-state index in [-0.39, 0.29) is 51.1 Å². The predicted octanol–water partition coefficient (Wildman–Crippen LogP) is 5.68. The monoisotopic (exact) mass is 794 g/mol. The molecular weight excluding hydrogens is 740 g/mol. The van der Waals surface area contributed by atoms with E-state index in [0.29, 0.717) is 5.57 Å². The lowest BCUT2D eigenvalue weighted by molar-refractivity contribution is -0.160. The number of ether oxygens (including phenoxy) is 4. The summed E-state index contributed by atoms with van der Waals surface area (Å²) in [5, 5.41) is 63.6. The number of anilines is 1. The van der Waals surface area contributed by atoms with Crippen LogP contribution in [0.3, 0.4) is 0 Å². The van der Waals surface area contributed by atoms with Crippen LogP contribution in [0.4, 0.5) is 5.69 Å². The highest BCUT2D eigenvalue weighted by molar-refractivity contribution is 6.23. The van der Waals surface area contributed by atoms with E-state index < -0.39 is 88.8 Å². The Hall–Kier alpha value is -5.38. The van der Waals surface area contributed by atoms with E-state index >= 15 is 0 Å². The minimum atomic E-state index is -2.07. The van der Waals surface area contributed by atoms with Gasteiger partial charge in [0, 0.05) is 61.2 Å². The van der Waals surface area contributed by atoms with Crippen molar-refractivity contribution in [3.63, 3.8) is 0 Å². The van der Waals surface area contributed by atoms with Gasteiger partial charge in [0.25, 0.3) is 11.7 Å². The van der Waals surface area contributed by atoms with Crippen molar-refractivity contribution in [3.8, 4) is 23.0 Å². The molecule has 15 nitrogen and oxygen atoms in total. The third-order valence-electron chi connectivity index (χ3n) is 10.6. The van der Waals surface area contributed by atoms with Crippen molar-refractivity contribution >= 4 is 40.3 Å². The standard InChI is InChI=1S/C42H54N2O13/c1-19(2)18-55-43-17-27-32-37(50)30-29(36(27)49)31-39(25(8)35(30)48)57-42(10,40(31)51)54-16-15-28(53-11)22(5)38(56-26(9)45)24(7)34(47)23(6)33(46)20(3)13-12-14-21(4)41(52)44-32/h12-17,20,22-24,28,33-34,38,46-50H,1,18H2,2-11H3,(H,44,52)/b13-12+,16-15+,21-14+,43-17+/t20-,22+,23+,24+,28-,33-,34+,38+,42-/m0/s1. The molecule has 3 heterocycles. The summed E-state index contributed by atoms with van der Waals surface area (Å²) in [6.45, 7) is 17.8. The molecule has 1 amide bonds. The maximum Gasteiger partial charge on any atom is 0.312 e. The molecule has 2 aromatic rings. The van der Waals surface area contributed by atoms with E-state index in [4.69, 9.17) is 23.8 Å². The number of phenols is 3. The number of allylic oxidation sites excluding steroid dienone is 2. The molecule has 0 radical (unpaired) electrons. The van der Waals surface area contributed by atoms with Crippen molar-refractivity contribution < 1.29 is 63.7 Å². The van der Waals surface area contributed by atoms with Gasteiger partial charge in [0.05, 0.1) is 53.0 Å². The summed E-state index contributed by atoms with van der Waals surface area (Å²) in [4.78, 5) is 45.4. The number of nitrogens with zero attached hydrogens (tertiary/aromatic N) is 1. The van der Waals surface area contributed by atoms with Crippen LogP contribution in [0.5, 0.6) is 23.0 Å². The number of amides is 1. The second-order valence-corrected chi connectivity index (χ2v) is 15.1. The van der Waals surface area contributed by atoms with Crippen molar-refractivity contribution in [2.24, 2.45) is 28.8 Å². The number of oxime groups is 1. The lowest BCUT2D eigenvalue weighted by Gasteiger charge is -2.38. The number of esters is 1. The number of nitrogens with one attached hydrogen (secondary N) is 1. The molecule has 9 atom stereocenters. The molecule has 0 saturated carbocycles. The zero-order valence-corrected chi connectivity index (χ0v) is 33.9. The van der Waals surface area contributed by atoms with Gasteiger partial charge in [0.15, 0.2) is 5.75 Å². The number of Topliss-reactive ketones (excluding diaryl/α,β-unsaturated/α-hetero) is 1. The topological polar surface area (TPSA) is 223 Å². The van der Waals surface area contributed by atoms with Gasteiger partial charge in [0.2, 0.25) is 0 Å². The van der Waals surface area contributed by atoms with Crippen LogP contribution in [0.15, 0.2) is 53.4 Å². The molecule has 0 aromatic heterocycles. The molecule has 310 valence electrons. The number of benzene rings is 2. The van der Waals surface area contributed by atoms with Gasteiger partial charge in [-0.3, -0.25) is 14.4 Å². The third kappa shape index (κ3) is 8.95. The zero-order chi connectivity index (χ0) is 42.7. The number of hydrogen-bond donors (Lipinski definition) is 6. The lowest BCUT2D eigenvalue weighted by atomic mass is 9.78. The van der Waals surface area contributed by atoms with Gasteiger partial charge < -0.3 is 54.6 Å². The van der Waals surface area contributed by atoms with Crippen LogP contribution in [0, 0.1) is 30.6 Å². The van der Waals surface area contributed by atoms with Gasteiger partial charge in [0.1, 0.15) is 30.0 Å². The van der Waals surface area contributed by atoms with Crippen LogP contribution in [0.2, 0.25) is 0 Å². The van der Waals surface area contributed by atoms with Crippen LogP contribution >= 0.6 is 0 Å². The van der Waals surface area contributed by atoms with Crippen molar-refractivity contribution in [3.05, 3.63) is 65.0 Å². The molecule has 0 unspecified atom stereocenters. The SMILES string of the molecule is C=C(C)CO/N=C/c1c2c(O)c3c(O)c(C)c4c(c3c1O)C(=O)[C@@](C)(O/C=C/[C@H](OC)[C@@H](C)[C@@H](OC(C)=O)[C@H](C)[C@H](O)[C@H](C)[C@@H](O)[C@@H](C)/C=C/C=C(\C)C(=O)N2)O4. The highest BCUT2D eigenvalue weighted by atomic mass is 16.7. The lowest BCUT2D eigenvalue weighted by Crippen LogP contribution is -2.46. The average molecular weight is 795 g/mol. The molecule has 0 aliphatic carbocycles. The van der Waals surface area contributed by atoms with Gasteiger partial charge in [-0.05, 0) is 32.4 Å². The number of aromatic hydroxyl groups is 3. The Labute approximate surface area is 331 Å². The first kappa shape index (κ1) is 44.3. The number of phenolic OH excluding ortho intramolecular Hbond substituents is 3. The highest BCUT2D eigenvalue weighted by Gasteiger charge is 2.50. The van der Waals surface area contributed by atoms with E-state index in [1.165, 1.54) is 53.2 Å². The molecular formula is C42H54N2O13. The Morgan fingerprint density at radius 2 is 1.65 bits per heavy atom.